The Morgan fingerprint density at radius 1 is 1.32 bits per heavy atom. The van der Waals surface area contributed by atoms with E-state index in [1.54, 1.807) is 18.2 Å². The van der Waals surface area contributed by atoms with Gasteiger partial charge in [-0.05, 0) is 25.9 Å². The van der Waals surface area contributed by atoms with E-state index < -0.39 is 5.92 Å². The molecule has 0 spiro atoms. The van der Waals surface area contributed by atoms with Gasteiger partial charge >= 0.3 is 0 Å². The number of hydrogen-bond donors (Lipinski definition) is 1. The molecule has 1 unspecified atom stereocenters. The molecule has 1 aromatic carbocycles. The SMILES string of the molecule is CCCN(CC(F)(F)c1ccccc1)C1CCNC1. The highest BCUT2D eigenvalue weighted by molar-refractivity contribution is 5.20. The number of alkyl halides is 2. The summed E-state index contributed by atoms with van der Waals surface area (Å²) in [4.78, 5) is 1.94. The molecule has 0 aromatic heterocycles. The van der Waals surface area contributed by atoms with Gasteiger partial charge in [0.05, 0.1) is 6.54 Å². The quantitative estimate of drug-likeness (QED) is 0.853. The molecular formula is C15H22F2N2. The Hall–Kier alpha value is -1.00. The van der Waals surface area contributed by atoms with Crippen LogP contribution in [0.4, 0.5) is 8.78 Å². The zero-order chi connectivity index (χ0) is 13.7. The summed E-state index contributed by atoms with van der Waals surface area (Å²) in [6.07, 6.45) is 1.87. The van der Waals surface area contributed by atoms with Gasteiger partial charge in [-0.25, -0.2) is 0 Å². The summed E-state index contributed by atoms with van der Waals surface area (Å²) in [7, 11) is 0. The Labute approximate surface area is 113 Å². The Balaban J connectivity index is 2.06. The monoisotopic (exact) mass is 268 g/mol. The predicted molar refractivity (Wildman–Crippen MR) is 73.5 cm³/mol. The smallest absolute Gasteiger partial charge is 0.285 e. The van der Waals surface area contributed by atoms with Gasteiger partial charge in [0.1, 0.15) is 0 Å². The van der Waals surface area contributed by atoms with Crippen LogP contribution in [-0.4, -0.2) is 37.1 Å². The van der Waals surface area contributed by atoms with E-state index in [1.165, 1.54) is 12.1 Å². The lowest BCUT2D eigenvalue weighted by molar-refractivity contribution is -0.0464. The van der Waals surface area contributed by atoms with E-state index in [-0.39, 0.29) is 18.2 Å². The maximum absolute atomic E-state index is 14.3. The van der Waals surface area contributed by atoms with Gasteiger partial charge in [-0.15, -0.1) is 0 Å². The normalized spacial score (nSPS) is 20.1. The van der Waals surface area contributed by atoms with E-state index in [0.717, 1.165) is 32.5 Å². The summed E-state index contributed by atoms with van der Waals surface area (Å²) >= 11 is 0. The lowest BCUT2D eigenvalue weighted by atomic mass is 10.1. The summed E-state index contributed by atoms with van der Waals surface area (Å²) < 4.78 is 28.6. The minimum atomic E-state index is -2.78. The summed E-state index contributed by atoms with van der Waals surface area (Å²) in [5.41, 5.74) is 0.113. The number of rotatable bonds is 6. The molecular weight excluding hydrogens is 246 g/mol. The van der Waals surface area contributed by atoms with Crippen LogP contribution in [0.25, 0.3) is 0 Å². The average molecular weight is 268 g/mol. The molecule has 1 aliphatic rings. The highest BCUT2D eigenvalue weighted by atomic mass is 19.3. The largest absolute Gasteiger partial charge is 0.315 e. The van der Waals surface area contributed by atoms with Crippen LogP contribution >= 0.6 is 0 Å². The van der Waals surface area contributed by atoms with E-state index in [2.05, 4.69) is 5.32 Å². The molecule has 1 saturated heterocycles. The van der Waals surface area contributed by atoms with Gasteiger partial charge < -0.3 is 5.32 Å². The van der Waals surface area contributed by atoms with E-state index in [9.17, 15) is 8.78 Å². The fourth-order valence-electron chi connectivity index (χ4n) is 2.66. The number of benzene rings is 1. The fourth-order valence-corrected chi connectivity index (χ4v) is 2.66. The lowest BCUT2D eigenvalue weighted by Crippen LogP contribution is -2.43. The molecule has 1 aliphatic heterocycles. The van der Waals surface area contributed by atoms with Crippen molar-refractivity contribution in [2.75, 3.05) is 26.2 Å². The van der Waals surface area contributed by atoms with E-state index in [4.69, 9.17) is 0 Å². The van der Waals surface area contributed by atoms with Crippen molar-refractivity contribution in [3.8, 4) is 0 Å². The number of halogens is 2. The topological polar surface area (TPSA) is 15.3 Å². The molecule has 0 saturated carbocycles. The molecule has 2 nitrogen and oxygen atoms in total. The minimum Gasteiger partial charge on any atom is -0.315 e. The first-order valence-electron chi connectivity index (χ1n) is 7.01. The van der Waals surface area contributed by atoms with Crippen LogP contribution in [0.1, 0.15) is 25.3 Å². The first-order valence-corrected chi connectivity index (χ1v) is 7.01. The first kappa shape index (κ1) is 14.4. The van der Waals surface area contributed by atoms with Crippen LogP contribution in [0.3, 0.4) is 0 Å². The van der Waals surface area contributed by atoms with Crippen LogP contribution in [0, 0.1) is 0 Å². The highest BCUT2D eigenvalue weighted by Crippen LogP contribution is 2.30. The molecule has 1 N–H and O–H groups in total. The van der Waals surface area contributed by atoms with Gasteiger partial charge in [-0.1, -0.05) is 37.3 Å². The van der Waals surface area contributed by atoms with Gasteiger partial charge in [0.25, 0.3) is 5.92 Å². The van der Waals surface area contributed by atoms with Gasteiger partial charge in [-0.3, -0.25) is 4.90 Å². The molecule has 0 aliphatic carbocycles. The number of hydrogen-bond acceptors (Lipinski definition) is 2. The molecule has 2 rings (SSSR count). The summed E-state index contributed by atoms with van der Waals surface area (Å²) in [6.45, 7) is 4.34. The second-order valence-electron chi connectivity index (χ2n) is 5.19. The van der Waals surface area contributed by atoms with Crippen molar-refractivity contribution in [2.24, 2.45) is 0 Å². The van der Waals surface area contributed by atoms with Crippen molar-refractivity contribution < 1.29 is 8.78 Å². The standard InChI is InChI=1S/C15H22F2N2/c1-2-10-19(14-8-9-18-11-14)12-15(16,17)13-6-4-3-5-7-13/h3-7,14,18H,2,8-12H2,1H3. The third-order valence-electron chi connectivity index (χ3n) is 3.66. The highest BCUT2D eigenvalue weighted by Gasteiger charge is 2.36. The molecule has 1 heterocycles. The first-order chi connectivity index (χ1) is 9.13. The van der Waals surface area contributed by atoms with Crippen LogP contribution in [0.5, 0.6) is 0 Å². The third-order valence-corrected chi connectivity index (χ3v) is 3.66. The number of nitrogens with one attached hydrogen (secondary N) is 1. The predicted octanol–water partition coefficient (Wildman–Crippen LogP) is 2.85. The van der Waals surface area contributed by atoms with Crippen LogP contribution in [-0.2, 0) is 5.92 Å². The molecule has 0 radical (unpaired) electrons. The molecule has 4 heteroatoms. The van der Waals surface area contributed by atoms with Crippen molar-refractivity contribution >= 4 is 0 Å². The van der Waals surface area contributed by atoms with Crippen LogP contribution in [0.2, 0.25) is 0 Å². The van der Waals surface area contributed by atoms with E-state index >= 15 is 0 Å². The molecule has 106 valence electrons. The Bertz CT molecular complexity index is 375. The average Bonchev–Trinajstić information content (AvgIpc) is 2.93. The van der Waals surface area contributed by atoms with E-state index in [0.29, 0.717) is 0 Å². The summed E-state index contributed by atoms with van der Waals surface area (Å²) in [6, 6.07) is 8.38. The second-order valence-corrected chi connectivity index (χ2v) is 5.19. The van der Waals surface area contributed by atoms with Crippen molar-refractivity contribution in [2.45, 2.75) is 31.7 Å². The van der Waals surface area contributed by atoms with Gasteiger partial charge in [0.2, 0.25) is 0 Å². The van der Waals surface area contributed by atoms with Gasteiger partial charge in [0, 0.05) is 18.2 Å². The maximum Gasteiger partial charge on any atom is 0.285 e. The Morgan fingerprint density at radius 2 is 2.05 bits per heavy atom. The summed E-state index contributed by atoms with van der Waals surface area (Å²) in [5.74, 6) is -2.78. The molecule has 0 bridgehead atoms. The van der Waals surface area contributed by atoms with Crippen molar-refractivity contribution in [3.63, 3.8) is 0 Å². The summed E-state index contributed by atoms with van der Waals surface area (Å²) in [5, 5.41) is 3.25. The number of nitrogens with zero attached hydrogens (tertiary/aromatic N) is 1. The second kappa shape index (κ2) is 6.44. The zero-order valence-corrected chi connectivity index (χ0v) is 11.4. The zero-order valence-electron chi connectivity index (χ0n) is 11.4. The lowest BCUT2D eigenvalue weighted by Gasteiger charge is -2.31. The third kappa shape index (κ3) is 3.74. The van der Waals surface area contributed by atoms with Crippen LogP contribution < -0.4 is 5.32 Å². The minimum absolute atomic E-state index is 0.113. The van der Waals surface area contributed by atoms with Gasteiger partial charge in [-0.2, -0.15) is 8.78 Å². The fraction of sp³-hybridized carbons (Fsp3) is 0.600. The van der Waals surface area contributed by atoms with Crippen molar-refractivity contribution in [3.05, 3.63) is 35.9 Å². The molecule has 1 atom stereocenters. The van der Waals surface area contributed by atoms with Crippen LogP contribution in [0.15, 0.2) is 30.3 Å². The maximum atomic E-state index is 14.3. The molecule has 1 fully saturated rings. The van der Waals surface area contributed by atoms with Gasteiger partial charge in [0.15, 0.2) is 0 Å². The van der Waals surface area contributed by atoms with Crippen molar-refractivity contribution in [1.29, 1.82) is 0 Å². The molecule has 0 amide bonds. The molecule has 1 aromatic rings. The Morgan fingerprint density at radius 3 is 2.63 bits per heavy atom. The van der Waals surface area contributed by atoms with E-state index in [1.807, 2.05) is 11.8 Å². The van der Waals surface area contributed by atoms with Crippen molar-refractivity contribution in [1.82, 2.24) is 10.2 Å². The molecule has 19 heavy (non-hydrogen) atoms. The Kier molecular flexibility index (Phi) is 4.88.